The van der Waals surface area contributed by atoms with Crippen molar-refractivity contribution in [3.8, 4) is 5.75 Å². The van der Waals surface area contributed by atoms with Crippen molar-refractivity contribution in [1.29, 1.82) is 0 Å². The van der Waals surface area contributed by atoms with Gasteiger partial charge in [0.05, 0.1) is 17.9 Å². The highest BCUT2D eigenvalue weighted by Crippen LogP contribution is 2.25. The molecule has 30 heavy (non-hydrogen) atoms. The molecule has 1 heterocycles. The molecule has 3 rings (SSSR count). The van der Waals surface area contributed by atoms with Gasteiger partial charge in [0, 0.05) is 31.1 Å². The number of rotatable bonds is 6. The van der Waals surface area contributed by atoms with Crippen LogP contribution in [0.2, 0.25) is 0 Å². The number of carbonyl (C=O) groups excluding carboxylic acids is 2. The fourth-order valence-corrected chi connectivity index (χ4v) is 4.96. The van der Waals surface area contributed by atoms with E-state index in [4.69, 9.17) is 4.74 Å². The van der Waals surface area contributed by atoms with Gasteiger partial charge in [0.25, 0.3) is 5.91 Å². The van der Waals surface area contributed by atoms with Gasteiger partial charge in [-0.05, 0) is 48.5 Å². The molecule has 1 N–H and O–H groups in total. The van der Waals surface area contributed by atoms with Crippen molar-refractivity contribution in [1.82, 2.24) is 9.21 Å². The molecule has 1 aliphatic heterocycles. The molecule has 0 spiro atoms. The highest BCUT2D eigenvalue weighted by Gasteiger charge is 2.35. The Labute approximate surface area is 180 Å². The zero-order chi connectivity index (χ0) is 21.9. The summed E-state index contributed by atoms with van der Waals surface area (Å²) in [6, 6.07) is 12.1. The molecule has 1 unspecified atom stereocenters. The largest absolute Gasteiger partial charge is 0.497 e. The molecule has 0 radical (unpaired) electrons. The molecule has 1 saturated heterocycles. The third-order valence-corrected chi connectivity index (χ3v) is 7.52. The lowest BCUT2D eigenvalue weighted by Crippen LogP contribution is -2.44. The summed E-state index contributed by atoms with van der Waals surface area (Å²) in [7, 11) is 0.886. The van der Waals surface area contributed by atoms with Gasteiger partial charge in [-0.3, -0.25) is 9.59 Å². The fraction of sp³-hybridized carbons (Fsp3) is 0.300. The molecule has 1 fully saturated rings. The molecule has 2 aromatic carbocycles. The predicted molar refractivity (Wildman–Crippen MR) is 116 cm³/mol. The molecule has 0 aromatic heterocycles. The Morgan fingerprint density at radius 1 is 1.10 bits per heavy atom. The Hall–Kier alpha value is -2.56. The van der Waals surface area contributed by atoms with Gasteiger partial charge < -0.3 is 15.0 Å². The Morgan fingerprint density at radius 3 is 2.30 bits per heavy atom. The molecule has 8 nitrogen and oxygen atoms in total. The van der Waals surface area contributed by atoms with Crippen LogP contribution < -0.4 is 10.1 Å². The van der Waals surface area contributed by atoms with Crippen LogP contribution in [-0.2, 0) is 14.8 Å². The maximum atomic E-state index is 12.9. The molecule has 10 heteroatoms. The number of hydrogen-bond acceptors (Lipinski definition) is 6. The summed E-state index contributed by atoms with van der Waals surface area (Å²) in [6.07, 6.45) is 0. The second-order valence-corrected chi connectivity index (χ2v) is 9.97. The monoisotopic (exact) mass is 449 g/mol. The zero-order valence-corrected chi connectivity index (χ0v) is 18.5. The smallest absolute Gasteiger partial charge is 0.255 e. The summed E-state index contributed by atoms with van der Waals surface area (Å²) in [5, 5.41) is 2.83. The van der Waals surface area contributed by atoms with Crippen LogP contribution in [-0.4, -0.2) is 68.3 Å². The molecule has 1 aliphatic rings. The van der Waals surface area contributed by atoms with E-state index in [1.54, 1.807) is 31.4 Å². The zero-order valence-electron chi connectivity index (χ0n) is 16.9. The number of thioether (sulfide) groups is 1. The van der Waals surface area contributed by atoms with Gasteiger partial charge in [0.1, 0.15) is 11.8 Å². The molecular weight excluding hydrogens is 426 g/mol. The molecular formula is C20H23N3O5S2. The van der Waals surface area contributed by atoms with Crippen molar-refractivity contribution in [2.75, 3.05) is 38.2 Å². The van der Waals surface area contributed by atoms with Crippen LogP contribution in [0, 0.1) is 0 Å². The molecule has 160 valence electrons. The fourth-order valence-electron chi connectivity index (χ4n) is 2.91. The van der Waals surface area contributed by atoms with E-state index in [1.165, 1.54) is 55.0 Å². The van der Waals surface area contributed by atoms with Crippen molar-refractivity contribution in [3.05, 3.63) is 54.1 Å². The normalized spacial score (nSPS) is 16.5. The number of nitrogens with zero attached hydrogens (tertiary/aromatic N) is 2. The summed E-state index contributed by atoms with van der Waals surface area (Å²) >= 11 is 1.49. The summed E-state index contributed by atoms with van der Waals surface area (Å²) < 4.78 is 30.6. The molecule has 2 amide bonds. The van der Waals surface area contributed by atoms with Crippen LogP contribution in [0.1, 0.15) is 10.4 Å². The average molecular weight is 450 g/mol. The Kier molecular flexibility index (Phi) is 6.69. The number of sulfonamides is 1. The van der Waals surface area contributed by atoms with Crippen molar-refractivity contribution >= 4 is 39.3 Å². The van der Waals surface area contributed by atoms with Crippen molar-refractivity contribution in [3.63, 3.8) is 0 Å². The maximum absolute atomic E-state index is 12.9. The van der Waals surface area contributed by atoms with E-state index in [-0.39, 0.29) is 16.7 Å². The number of amides is 2. The first-order valence-electron chi connectivity index (χ1n) is 9.10. The summed E-state index contributed by atoms with van der Waals surface area (Å²) in [5.41, 5.74) is 0.945. The minimum Gasteiger partial charge on any atom is -0.497 e. The van der Waals surface area contributed by atoms with Crippen LogP contribution in [0.3, 0.4) is 0 Å². The summed E-state index contributed by atoms with van der Waals surface area (Å²) in [5.74, 6) is 0.966. The predicted octanol–water partition coefficient (Wildman–Crippen LogP) is 2.10. The van der Waals surface area contributed by atoms with Crippen molar-refractivity contribution in [2.45, 2.75) is 10.9 Å². The molecule has 2 aromatic rings. The number of ether oxygens (including phenoxy) is 1. The quantitative estimate of drug-likeness (QED) is 0.726. The molecule has 0 aliphatic carbocycles. The number of hydrogen-bond donors (Lipinski definition) is 1. The number of carbonyl (C=O) groups is 2. The van der Waals surface area contributed by atoms with Crippen LogP contribution in [0.4, 0.5) is 5.69 Å². The first-order valence-corrected chi connectivity index (χ1v) is 11.7. The van der Waals surface area contributed by atoms with Gasteiger partial charge in [0.2, 0.25) is 15.9 Å². The van der Waals surface area contributed by atoms with Gasteiger partial charge in [-0.15, -0.1) is 11.8 Å². The van der Waals surface area contributed by atoms with E-state index in [1.807, 2.05) is 0 Å². The van der Waals surface area contributed by atoms with Crippen LogP contribution in [0.25, 0.3) is 0 Å². The molecule has 0 bridgehead atoms. The summed E-state index contributed by atoms with van der Waals surface area (Å²) in [6.45, 7) is 0. The van der Waals surface area contributed by atoms with E-state index in [0.717, 1.165) is 4.31 Å². The lowest BCUT2D eigenvalue weighted by atomic mass is 10.1. The molecule has 1 atom stereocenters. The Balaban J connectivity index is 1.72. The first-order chi connectivity index (χ1) is 14.2. The van der Waals surface area contributed by atoms with Gasteiger partial charge >= 0.3 is 0 Å². The van der Waals surface area contributed by atoms with Crippen molar-refractivity contribution in [2.24, 2.45) is 0 Å². The minimum atomic E-state index is -3.57. The van der Waals surface area contributed by atoms with E-state index in [9.17, 15) is 18.0 Å². The third-order valence-electron chi connectivity index (χ3n) is 4.68. The summed E-state index contributed by atoms with van der Waals surface area (Å²) in [4.78, 5) is 27.3. The first kappa shape index (κ1) is 22.1. The standard InChI is InChI=1S/C20H23N3O5S2/c1-22(2)30(26,27)17-10-4-14(5-11-17)20(25)23-13-29-12-18(23)19(24)21-15-6-8-16(28-3)9-7-15/h4-11,18H,12-13H2,1-3H3,(H,21,24). The van der Waals surface area contributed by atoms with Gasteiger partial charge in [0.15, 0.2) is 0 Å². The minimum absolute atomic E-state index is 0.105. The van der Waals surface area contributed by atoms with Crippen LogP contribution in [0.15, 0.2) is 53.4 Å². The van der Waals surface area contributed by atoms with Gasteiger partial charge in [-0.25, -0.2) is 12.7 Å². The van der Waals surface area contributed by atoms with E-state index >= 15 is 0 Å². The highest BCUT2D eigenvalue weighted by molar-refractivity contribution is 7.99. The number of methoxy groups -OCH3 is 1. The Bertz CT molecular complexity index is 1020. The van der Waals surface area contributed by atoms with E-state index < -0.39 is 16.1 Å². The average Bonchev–Trinajstić information content (AvgIpc) is 3.24. The molecule has 0 saturated carbocycles. The van der Waals surface area contributed by atoms with Crippen LogP contribution >= 0.6 is 11.8 Å². The lowest BCUT2D eigenvalue weighted by Gasteiger charge is -2.23. The topological polar surface area (TPSA) is 96.0 Å². The third kappa shape index (κ3) is 4.61. The lowest BCUT2D eigenvalue weighted by molar-refractivity contribution is -0.119. The number of nitrogens with one attached hydrogen (secondary N) is 1. The number of anilines is 1. The Morgan fingerprint density at radius 2 is 1.73 bits per heavy atom. The maximum Gasteiger partial charge on any atom is 0.255 e. The van der Waals surface area contributed by atoms with E-state index in [0.29, 0.717) is 28.6 Å². The number of benzene rings is 2. The highest BCUT2D eigenvalue weighted by atomic mass is 32.2. The van der Waals surface area contributed by atoms with E-state index in [2.05, 4.69) is 5.32 Å². The second kappa shape index (κ2) is 9.07. The van der Waals surface area contributed by atoms with Crippen molar-refractivity contribution < 1.29 is 22.7 Å². The van der Waals surface area contributed by atoms with Gasteiger partial charge in [-0.2, -0.15) is 0 Å². The SMILES string of the molecule is COc1ccc(NC(=O)C2CSCN2C(=O)c2ccc(S(=O)(=O)N(C)C)cc2)cc1. The van der Waals surface area contributed by atoms with Gasteiger partial charge in [-0.1, -0.05) is 0 Å². The van der Waals surface area contributed by atoms with Crippen LogP contribution in [0.5, 0.6) is 5.75 Å². The second-order valence-electron chi connectivity index (χ2n) is 6.82.